The number of hydrogen-bond donors (Lipinski definition) is 2. The summed E-state index contributed by atoms with van der Waals surface area (Å²) in [5.41, 5.74) is 10.9. The maximum atomic E-state index is 9.67. The summed E-state index contributed by atoms with van der Waals surface area (Å²) < 4.78 is 5.16. The second-order valence-electron chi connectivity index (χ2n) is 5.50. The summed E-state index contributed by atoms with van der Waals surface area (Å²) >= 11 is 0. The normalized spacial score (nSPS) is 12.2. The highest BCUT2D eigenvalue weighted by molar-refractivity contribution is 5.43. The molecule has 0 aromatic heterocycles. The fourth-order valence-corrected chi connectivity index (χ4v) is 2.74. The van der Waals surface area contributed by atoms with Crippen molar-refractivity contribution in [1.82, 2.24) is 0 Å². The van der Waals surface area contributed by atoms with Crippen LogP contribution in [0.2, 0.25) is 0 Å². The minimum Gasteiger partial charge on any atom is -0.504 e. The molecule has 1 atom stereocenters. The first-order valence-corrected chi connectivity index (χ1v) is 7.18. The Labute approximate surface area is 126 Å². The molecule has 0 fully saturated rings. The van der Waals surface area contributed by atoms with Crippen LogP contribution >= 0.6 is 0 Å². The Morgan fingerprint density at radius 2 is 1.90 bits per heavy atom. The fourth-order valence-electron chi connectivity index (χ4n) is 2.74. The van der Waals surface area contributed by atoms with E-state index in [0.29, 0.717) is 12.3 Å². The Balaban J connectivity index is 2.26. The van der Waals surface area contributed by atoms with E-state index in [-0.39, 0.29) is 11.7 Å². The van der Waals surface area contributed by atoms with Gasteiger partial charge in [0.1, 0.15) is 0 Å². The van der Waals surface area contributed by atoms with Crippen LogP contribution in [-0.4, -0.2) is 18.8 Å². The zero-order chi connectivity index (χ0) is 15.4. The van der Waals surface area contributed by atoms with Gasteiger partial charge in [-0.25, -0.2) is 0 Å². The van der Waals surface area contributed by atoms with Gasteiger partial charge in [-0.2, -0.15) is 0 Å². The Kier molecular flexibility index (Phi) is 4.86. The lowest BCUT2D eigenvalue weighted by Crippen LogP contribution is -2.16. The highest BCUT2D eigenvalue weighted by Crippen LogP contribution is 2.30. The highest BCUT2D eigenvalue weighted by atomic mass is 16.5. The highest BCUT2D eigenvalue weighted by Gasteiger charge is 2.14. The van der Waals surface area contributed by atoms with Gasteiger partial charge in [0.15, 0.2) is 11.5 Å². The smallest absolute Gasteiger partial charge is 0.160 e. The van der Waals surface area contributed by atoms with E-state index in [0.717, 1.165) is 12.0 Å². The van der Waals surface area contributed by atoms with Crippen molar-refractivity contribution in [3.63, 3.8) is 0 Å². The van der Waals surface area contributed by atoms with E-state index in [1.54, 1.807) is 13.2 Å². The van der Waals surface area contributed by atoms with Gasteiger partial charge in [-0.15, -0.1) is 0 Å². The first-order chi connectivity index (χ1) is 10.0. The minimum absolute atomic E-state index is 0.164. The van der Waals surface area contributed by atoms with Crippen molar-refractivity contribution in [1.29, 1.82) is 0 Å². The van der Waals surface area contributed by atoms with E-state index in [9.17, 15) is 5.11 Å². The molecule has 0 radical (unpaired) electrons. The Hall–Kier alpha value is -2.00. The maximum absolute atomic E-state index is 9.67. The average molecular weight is 285 g/mol. The van der Waals surface area contributed by atoms with Crippen LogP contribution in [0.25, 0.3) is 0 Å². The molecule has 112 valence electrons. The molecule has 0 saturated carbocycles. The monoisotopic (exact) mass is 285 g/mol. The summed E-state index contributed by atoms with van der Waals surface area (Å²) in [6.45, 7) is 4.81. The lowest BCUT2D eigenvalue weighted by Gasteiger charge is -2.19. The third-order valence-corrected chi connectivity index (χ3v) is 3.88. The molecule has 3 heteroatoms. The summed E-state index contributed by atoms with van der Waals surface area (Å²) in [5, 5.41) is 9.67. The van der Waals surface area contributed by atoms with Gasteiger partial charge in [-0.3, -0.25) is 0 Å². The van der Waals surface area contributed by atoms with Crippen LogP contribution in [0.5, 0.6) is 11.5 Å². The van der Waals surface area contributed by atoms with E-state index in [2.05, 4.69) is 32.0 Å². The minimum atomic E-state index is 0.164. The van der Waals surface area contributed by atoms with Gasteiger partial charge < -0.3 is 15.6 Å². The number of nitrogens with two attached hydrogens (primary N) is 1. The van der Waals surface area contributed by atoms with Crippen molar-refractivity contribution < 1.29 is 9.84 Å². The van der Waals surface area contributed by atoms with Crippen LogP contribution in [0.15, 0.2) is 36.4 Å². The van der Waals surface area contributed by atoms with Crippen molar-refractivity contribution >= 4 is 0 Å². The lowest BCUT2D eigenvalue weighted by molar-refractivity contribution is 0.373. The molecule has 0 spiro atoms. The van der Waals surface area contributed by atoms with Crippen LogP contribution < -0.4 is 10.5 Å². The molecule has 0 aliphatic carbocycles. The van der Waals surface area contributed by atoms with Crippen LogP contribution in [0.3, 0.4) is 0 Å². The molecule has 1 unspecified atom stereocenters. The molecule has 0 aliphatic rings. The van der Waals surface area contributed by atoms with Gasteiger partial charge in [0.05, 0.1) is 7.11 Å². The van der Waals surface area contributed by atoms with E-state index >= 15 is 0 Å². The number of phenolic OH excluding ortho intramolecular Hbond substituents is 1. The first kappa shape index (κ1) is 15.4. The van der Waals surface area contributed by atoms with E-state index < -0.39 is 0 Å². The van der Waals surface area contributed by atoms with Gasteiger partial charge in [0.25, 0.3) is 0 Å². The molecule has 0 saturated heterocycles. The number of rotatable bonds is 5. The van der Waals surface area contributed by atoms with E-state index in [4.69, 9.17) is 10.5 Å². The molecule has 2 aromatic rings. The Morgan fingerprint density at radius 1 is 1.14 bits per heavy atom. The number of ether oxygens (including phenoxy) is 1. The van der Waals surface area contributed by atoms with Gasteiger partial charge in [0, 0.05) is 5.92 Å². The number of benzene rings is 2. The second kappa shape index (κ2) is 6.64. The average Bonchev–Trinajstić information content (AvgIpc) is 2.47. The third kappa shape index (κ3) is 3.56. The second-order valence-corrected chi connectivity index (χ2v) is 5.50. The van der Waals surface area contributed by atoms with Gasteiger partial charge in [-0.1, -0.05) is 29.8 Å². The standard InChI is InChI=1S/C18H23NO2/c1-12-4-6-16(13(2)8-12)15(11-19)9-14-5-7-17(20)18(10-14)21-3/h4-8,10,15,20H,9,11,19H2,1-3H3. The van der Waals surface area contributed by atoms with Crippen molar-refractivity contribution in [2.24, 2.45) is 5.73 Å². The van der Waals surface area contributed by atoms with Crippen molar-refractivity contribution in [3.05, 3.63) is 58.7 Å². The quantitative estimate of drug-likeness (QED) is 0.886. The van der Waals surface area contributed by atoms with Crippen molar-refractivity contribution in [3.8, 4) is 11.5 Å². The van der Waals surface area contributed by atoms with E-state index in [1.165, 1.54) is 16.7 Å². The number of hydrogen-bond acceptors (Lipinski definition) is 3. The van der Waals surface area contributed by atoms with Crippen LogP contribution in [0, 0.1) is 13.8 Å². The Morgan fingerprint density at radius 3 is 2.52 bits per heavy atom. The molecule has 0 bridgehead atoms. The summed E-state index contributed by atoms with van der Waals surface area (Å²) in [6.07, 6.45) is 0.830. The zero-order valence-corrected chi connectivity index (χ0v) is 12.9. The van der Waals surface area contributed by atoms with Crippen LogP contribution in [0.4, 0.5) is 0 Å². The zero-order valence-electron chi connectivity index (χ0n) is 12.9. The maximum Gasteiger partial charge on any atom is 0.160 e. The molecular weight excluding hydrogens is 262 g/mol. The lowest BCUT2D eigenvalue weighted by atomic mass is 9.88. The summed E-state index contributed by atoms with van der Waals surface area (Å²) in [5.74, 6) is 0.931. The summed E-state index contributed by atoms with van der Waals surface area (Å²) in [7, 11) is 1.56. The molecule has 0 amide bonds. The molecule has 2 aromatic carbocycles. The van der Waals surface area contributed by atoms with Crippen LogP contribution in [-0.2, 0) is 6.42 Å². The molecular formula is C18H23NO2. The number of aryl methyl sites for hydroxylation is 2. The summed E-state index contributed by atoms with van der Waals surface area (Å²) in [6, 6.07) is 12.0. The van der Waals surface area contributed by atoms with Gasteiger partial charge in [0.2, 0.25) is 0 Å². The molecule has 21 heavy (non-hydrogen) atoms. The topological polar surface area (TPSA) is 55.5 Å². The van der Waals surface area contributed by atoms with Crippen molar-refractivity contribution in [2.45, 2.75) is 26.2 Å². The molecule has 3 nitrogen and oxygen atoms in total. The number of phenols is 1. The SMILES string of the molecule is COc1cc(CC(CN)c2ccc(C)cc2C)ccc1O. The summed E-state index contributed by atoms with van der Waals surface area (Å²) in [4.78, 5) is 0. The molecule has 2 rings (SSSR count). The molecule has 3 N–H and O–H groups in total. The van der Waals surface area contributed by atoms with Gasteiger partial charge >= 0.3 is 0 Å². The first-order valence-electron chi connectivity index (χ1n) is 7.18. The largest absolute Gasteiger partial charge is 0.504 e. The van der Waals surface area contributed by atoms with Gasteiger partial charge in [-0.05, 0) is 55.6 Å². The molecule has 0 heterocycles. The fraction of sp³-hybridized carbons (Fsp3) is 0.333. The number of aromatic hydroxyl groups is 1. The predicted molar refractivity (Wildman–Crippen MR) is 86.1 cm³/mol. The Bertz CT molecular complexity index is 623. The molecule has 0 aliphatic heterocycles. The van der Waals surface area contributed by atoms with E-state index in [1.807, 2.05) is 12.1 Å². The van der Waals surface area contributed by atoms with Crippen LogP contribution in [0.1, 0.15) is 28.2 Å². The number of methoxy groups -OCH3 is 1. The predicted octanol–water partition coefficient (Wildman–Crippen LogP) is 3.30. The third-order valence-electron chi connectivity index (χ3n) is 3.88. The van der Waals surface area contributed by atoms with Crippen molar-refractivity contribution in [2.75, 3.05) is 13.7 Å².